The number of carbonyl (C=O) groups is 4. The summed E-state index contributed by atoms with van der Waals surface area (Å²) in [5.41, 5.74) is 5.51. The molecule has 0 saturated carbocycles. The number of halogens is 3. The second kappa shape index (κ2) is 51.7. The number of anilines is 2. The summed E-state index contributed by atoms with van der Waals surface area (Å²) in [6, 6.07) is 14.7. The molecule has 0 aliphatic heterocycles. The number of H-pyrrole nitrogens is 1. The van der Waals surface area contributed by atoms with Crippen molar-refractivity contribution in [1.82, 2.24) is 25.3 Å². The zero-order valence-electron chi connectivity index (χ0n) is 62.2. The van der Waals surface area contributed by atoms with Crippen LogP contribution in [0.25, 0.3) is 11.2 Å². The number of carbonyl (C=O) groups excluding carboxylic acids is 4. The summed E-state index contributed by atoms with van der Waals surface area (Å²) in [5.74, 6) is -2.19. The third-order valence-corrected chi connectivity index (χ3v) is 18.3. The van der Waals surface area contributed by atoms with E-state index in [-0.39, 0.29) is 66.5 Å². The summed E-state index contributed by atoms with van der Waals surface area (Å²) in [4.78, 5) is 82.0. The Balaban J connectivity index is 1.27. The molecule has 0 aliphatic rings. The van der Waals surface area contributed by atoms with Gasteiger partial charge in [-0.2, -0.15) is 18.2 Å². The van der Waals surface area contributed by atoms with Crippen LogP contribution in [0.2, 0.25) is 0 Å². The lowest BCUT2D eigenvalue weighted by molar-refractivity contribution is -0.170. The number of fused-ring (bicyclic) bond motifs is 1. The number of hydrogen-bond acceptors (Lipinski definition) is 15. The highest BCUT2D eigenvalue weighted by atomic mass is 19.4. The molecule has 0 aliphatic carbocycles. The number of hydrogen-bond donors (Lipinski definition) is 3. The normalized spacial score (nSPS) is 11.8. The quantitative estimate of drug-likeness (QED) is 0.0242. The minimum absolute atomic E-state index is 0.0168. The summed E-state index contributed by atoms with van der Waals surface area (Å²) in [6.45, 7) is 10.3. The van der Waals surface area contributed by atoms with Crippen LogP contribution in [0.1, 0.15) is 299 Å². The number of aromatic amines is 1. The van der Waals surface area contributed by atoms with Gasteiger partial charge >= 0.3 is 24.0 Å². The first-order chi connectivity index (χ1) is 49.6. The molecule has 102 heavy (non-hydrogen) atoms. The van der Waals surface area contributed by atoms with Gasteiger partial charge in [0.15, 0.2) is 34.2 Å². The number of unbranched alkanes of at least 4 members (excludes halogenated alkanes) is 32. The van der Waals surface area contributed by atoms with Gasteiger partial charge in [-0.3, -0.25) is 29.1 Å². The Hall–Kier alpha value is -7.45. The topological polar surface area (TPSA) is 236 Å². The molecule has 21 heteroatoms. The van der Waals surface area contributed by atoms with E-state index >= 15 is 0 Å². The first kappa shape index (κ1) is 85.2. The van der Waals surface area contributed by atoms with Crippen LogP contribution in [0.4, 0.5) is 24.8 Å². The molecule has 18 nitrogen and oxygen atoms in total. The van der Waals surface area contributed by atoms with Crippen molar-refractivity contribution in [3.63, 3.8) is 0 Å². The first-order valence-corrected chi connectivity index (χ1v) is 39.0. The van der Waals surface area contributed by atoms with E-state index in [4.69, 9.17) is 34.2 Å². The van der Waals surface area contributed by atoms with Crippen molar-refractivity contribution in [2.45, 2.75) is 303 Å². The number of nitrogen functional groups attached to an aromatic ring is 1. The molecule has 0 bridgehead atoms. The Morgan fingerprint density at radius 3 is 1.33 bits per heavy atom. The smallest absolute Gasteiger partial charge is 0.471 e. The van der Waals surface area contributed by atoms with E-state index in [2.05, 4.69) is 52.9 Å². The van der Waals surface area contributed by atoms with Gasteiger partial charge in [-0.1, -0.05) is 245 Å². The van der Waals surface area contributed by atoms with E-state index in [1.54, 1.807) is 0 Å². The first-order valence-electron chi connectivity index (χ1n) is 39.0. The number of benzene rings is 3. The molecule has 5 rings (SSSR count). The van der Waals surface area contributed by atoms with E-state index in [9.17, 15) is 37.1 Å². The fraction of sp³-hybridized carbons (Fsp3) is 0.654. The average molecular weight is 1430 g/mol. The monoisotopic (exact) mass is 1430 g/mol. The third kappa shape index (κ3) is 35.2. The summed E-state index contributed by atoms with van der Waals surface area (Å²) in [7, 11) is 0. The van der Waals surface area contributed by atoms with Crippen molar-refractivity contribution in [2.75, 3.05) is 50.3 Å². The molecule has 2 aromatic heterocycles. The summed E-state index contributed by atoms with van der Waals surface area (Å²) < 4.78 is 79.5. The Morgan fingerprint density at radius 2 is 0.912 bits per heavy atom. The summed E-state index contributed by atoms with van der Waals surface area (Å²) in [6.07, 6.45) is 38.9. The van der Waals surface area contributed by atoms with Crippen LogP contribution in [0, 0.1) is 0 Å². The van der Waals surface area contributed by atoms with E-state index in [1.807, 2.05) is 36.4 Å². The van der Waals surface area contributed by atoms with Gasteiger partial charge in [0.1, 0.15) is 6.04 Å². The van der Waals surface area contributed by atoms with E-state index < -0.39 is 48.1 Å². The Kier molecular flexibility index (Phi) is 43.1. The SMILES string of the molecule is CCCCCCCCCCCOc1ccc(CCOC(=O)CC[C@H](NC(=O)c2ccc(N(Cc3cnc4nc(N)[nH]c(=O)c4n3)C(=O)C(F)(F)F)cc2)C(=O)OCCc2ccc(OCCCCCCCCCCC)c(OCCCCCCCCCCC)c2)cc1OCCCCCCCCCCC. The number of nitrogens with zero attached hydrogens (tertiary/aromatic N) is 4. The van der Waals surface area contributed by atoms with E-state index in [0.717, 1.165) is 87.2 Å². The van der Waals surface area contributed by atoms with Crippen molar-refractivity contribution in [1.29, 1.82) is 0 Å². The molecular formula is C81H122F3N7O11. The van der Waals surface area contributed by atoms with Crippen LogP contribution in [-0.4, -0.2) is 95.5 Å². The summed E-state index contributed by atoms with van der Waals surface area (Å²) >= 11 is 0. The molecule has 3 aromatic carbocycles. The predicted octanol–water partition coefficient (Wildman–Crippen LogP) is 19.5. The molecule has 0 fully saturated rings. The fourth-order valence-electron chi connectivity index (χ4n) is 12.2. The maximum Gasteiger partial charge on any atom is 0.471 e. The van der Waals surface area contributed by atoms with E-state index in [0.29, 0.717) is 60.7 Å². The third-order valence-electron chi connectivity index (χ3n) is 18.3. The van der Waals surface area contributed by atoms with Crippen molar-refractivity contribution < 1.29 is 60.8 Å². The largest absolute Gasteiger partial charge is 0.490 e. The molecule has 5 aromatic rings. The van der Waals surface area contributed by atoms with Crippen LogP contribution in [0.3, 0.4) is 0 Å². The lowest BCUT2D eigenvalue weighted by Crippen LogP contribution is -2.42. The second-order valence-corrected chi connectivity index (χ2v) is 27.1. The number of amides is 2. The molecule has 0 unspecified atom stereocenters. The molecule has 0 radical (unpaired) electrons. The van der Waals surface area contributed by atoms with Crippen LogP contribution in [0.5, 0.6) is 23.0 Å². The molecule has 1 atom stereocenters. The van der Waals surface area contributed by atoms with Gasteiger partial charge in [0, 0.05) is 30.5 Å². The fourth-order valence-corrected chi connectivity index (χ4v) is 12.2. The second-order valence-electron chi connectivity index (χ2n) is 27.1. The Labute approximate surface area is 606 Å². The van der Waals surface area contributed by atoms with Gasteiger partial charge < -0.3 is 39.5 Å². The average Bonchev–Trinajstić information content (AvgIpc) is 0.794. The molecule has 2 amide bonds. The zero-order chi connectivity index (χ0) is 73.3. The molecule has 0 saturated heterocycles. The minimum atomic E-state index is -5.34. The standard InChI is InChI=1S/C81H122F3N7O11/c1-5-9-13-17-21-25-29-33-37-53-97-69-48-41-63(59-71(69)99-55-39-35-31-27-23-19-15-11-7-3)51-57-101-73(92)50-47-68(88-76(93)65-43-45-67(46-44-65)91(79(96)81(82,83)84)62-66-61-86-75-74(87-66)77(94)90-80(85)89-75)78(95)102-58-52-64-42-49-70(98-54-38-34-30-26-22-18-14-10-6-2)72(60-64)100-56-40-36-32-28-24-20-16-12-8-4/h41-46,48-49,59-61,68H,5-40,47,50-58,62H2,1-4H3,(H,88,93)(H3,85,86,89,90,94)/t68-/m0/s1. The number of nitrogens with one attached hydrogen (secondary N) is 2. The molecule has 0 spiro atoms. The predicted molar refractivity (Wildman–Crippen MR) is 400 cm³/mol. The Bertz CT molecular complexity index is 3200. The number of aromatic nitrogens is 4. The van der Waals surface area contributed by atoms with E-state index in [1.165, 1.54) is 185 Å². The number of rotatable bonds is 59. The van der Waals surface area contributed by atoms with Crippen molar-refractivity contribution in [3.05, 3.63) is 99.6 Å². The van der Waals surface area contributed by atoms with Gasteiger partial charge in [0.25, 0.3) is 11.5 Å². The highest BCUT2D eigenvalue weighted by molar-refractivity contribution is 5.99. The molecule has 2 heterocycles. The number of nitrogens with two attached hydrogens (primary N) is 1. The zero-order valence-corrected chi connectivity index (χ0v) is 62.2. The van der Waals surface area contributed by atoms with Gasteiger partial charge in [0.2, 0.25) is 5.95 Å². The highest BCUT2D eigenvalue weighted by Crippen LogP contribution is 2.32. The maximum absolute atomic E-state index is 14.2. The molecule has 568 valence electrons. The lowest BCUT2D eigenvalue weighted by atomic mass is 10.1. The van der Waals surface area contributed by atoms with Crippen LogP contribution in [-0.2, 0) is 43.2 Å². The molecule has 4 N–H and O–H groups in total. The highest BCUT2D eigenvalue weighted by Gasteiger charge is 2.43. The van der Waals surface area contributed by atoms with Crippen molar-refractivity contribution >= 4 is 46.6 Å². The van der Waals surface area contributed by atoms with Crippen LogP contribution < -0.4 is 40.5 Å². The summed E-state index contributed by atoms with van der Waals surface area (Å²) in [5, 5.41) is 2.67. The van der Waals surface area contributed by atoms with Crippen LogP contribution >= 0.6 is 0 Å². The minimum Gasteiger partial charge on any atom is -0.490 e. The number of ether oxygens (including phenoxy) is 6. The maximum atomic E-state index is 14.2. The van der Waals surface area contributed by atoms with Gasteiger partial charge in [-0.05, 0) is 91.8 Å². The Morgan fingerprint density at radius 1 is 0.510 bits per heavy atom. The van der Waals surface area contributed by atoms with Crippen molar-refractivity contribution in [3.8, 4) is 23.0 Å². The number of esters is 2. The molecular weight excluding hydrogens is 1300 g/mol. The van der Waals surface area contributed by atoms with Gasteiger partial charge in [-0.25, -0.2) is 14.8 Å². The van der Waals surface area contributed by atoms with Crippen LogP contribution in [0.15, 0.2) is 71.7 Å². The van der Waals surface area contributed by atoms with Gasteiger partial charge in [-0.15, -0.1) is 0 Å². The lowest BCUT2D eigenvalue weighted by Gasteiger charge is -2.24. The number of alkyl halides is 3. The van der Waals surface area contributed by atoms with Crippen molar-refractivity contribution in [2.24, 2.45) is 0 Å². The van der Waals surface area contributed by atoms with Gasteiger partial charge in [0.05, 0.1) is 58.1 Å².